The Bertz CT molecular complexity index is 339. The molecule has 0 atom stereocenters. The van der Waals surface area contributed by atoms with Crippen molar-refractivity contribution in [2.24, 2.45) is 0 Å². The van der Waals surface area contributed by atoms with Crippen molar-refractivity contribution >= 4 is 21.7 Å². The van der Waals surface area contributed by atoms with Crippen LogP contribution in [0, 0.1) is 0 Å². The van der Waals surface area contributed by atoms with E-state index in [0.29, 0.717) is 6.54 Å². The fraction of sp³-hybridized carbons (Fsp3) is 0.600. The molecule has 1 aromatic heterocycles. The molecule has 1 heterocycles. The molecule has 0 aliphatic heterocycles. The molecule has 2 N–H and O–H groups in total. The number of aromatic nitrogens is 2. The highest BCUT2D eigenvalue weighted by Gasteiger charge is 2.30. The van der Waals surface area contributed by atoms with Crippen LogP contribution in [0.2, 0.25) is 0 Å². The van der Waals surface area contributed by atoms with Gasteiger partial charge in [0.05, 0.1) is 5.60 Å². The molecule has 1 aromatic rings. The molecular formula is C10H14BrN3O. The first-order valence-corrected chi connectivity index (χ1v) is 5.91. The molecule has 0 spiro atoms. The van der Waals surface area contributed by atoms with Gasteiger partial charge in [0.15, 0.2) is 0 Å². The van der Waals surface area contributed by atoms with E-state index >= 15 is 0 Å². The van der Waals surface area contributed by atoms with Gasteiger partial charge in [0.1, 0.15) is 16.7 Å². The van der Waals surface area contributed by atoms with Crippen LogP contribution < -0.4 is 5.32 Å². The second kappa shape index (κ2) is 4.45. The van der Waals surface area contributed by atoms with E-state index in [2.05, 4.69) is 31.2 Å². The van der Waals surface area contributed by atoms with Crippen molar-refractivity contribution in [1.82, 2.24) is 9.97 Å². The van der Waals surface area contributed by atoms with Gasteiger partial charge >= 0.3 is 0 Å². The minimum Gasteiger partial charge on any atom is -0.388 e. The monoisotopic (exact) mass is 271 g/mol. The van der Waals surface area contributed by atoms with Gasteiger partial charge in [-0.2, -0.15) is 0 Å². The summed E-state index contributed by atoms with van der Waals surface area (Å²) in [7, 11) is 0. The lowest BCUT2D eigenvalue weighted by Gasteiger charge is -2.22. The van der Waals surface area contributed by atoms with Crippen molar-refractivity contribution in [3.05, 3.63) is 17.0 Å². The number of rotatable bonds is 3. The Hall–Kier alpha value is -0.680. The molecule has 0 saturated heterocycles. The summed E-state index contributed by atoms with van der Waals surface area (Å²) in [5.41, 5.74) is -0.544. The van der Waals surface area contributed by atoms with Crippen LogP contribution in [0.15, 0.2) is 17.0 Å². The summed E-state index contributed by atoms with van der Waals surface area (Å²) in [5, 5.41) is 13.2. The maximum Gasteiger partial charge on any atom is 0.130 e. The second-order valence-corrected chi connectivity index (χ2v) is 4.82. The molecule has 0 amide bonds. The molecule has 1 saturated carbocycles. The molecule has 1 fully saturated rings. The minimum atomic E-state index is -0.544. The molecule has 0 bridgehead atoms. The summed E-state index contributed by atoms with van der Waals surface area (Å²) in [5.74, 6) is 0.747. The largest absolute Gasteiger partial charge is 0.388 e. The Kier molecular flexibility index (Phi) is 3.21. The highest BCUT2D eigenvalue weighted by Crippen LogP contribution is 2.29. The quantitative estimate of drug-likeness (QED) is 0.826. The van der Waals surface area contributed by atoms with Gasteiger partial charge in [-0.25, -0.2) is 9.97 Å². The first kappa shape index (κ1) is 10.8. The molecule has 15 heavy (non-hydrogen) atoms. The van der Waals surface area contributed by atoms with Crippen LogP contribution in [-0.4, -0.2) is 27.2 Å². The smallest absolute Gasteiger partial charge is 0.130 e. The van der Waals surface area contributed by atoms with E-state index in [1.165, 1.54) is 6.33 Å². The van der Waals surface area contributed by atoms with Gasteiger partial charge in [0, 0.05) is 12.6 Å². The zero-order valence-corrected chi connectivity index (χ0v) is 10.00. The van der Waals surface area contributed by atoms with Crippen molar-refractivity contribution in [3.63, 3.8) is 0 Å². The second-order valence-electron chi connectivity index (χ2n) is 4.01. The van der Waals surface area contributed by atoms with Gasteiger partial charge in [0.2, 0.25) is 0 Å². The van der Waals surface area contributed by atoms with Crippen molar-refractivity contribution in [2.75, 3.05) is 11.9 Å². The molecule has 0 unspecified atom stereocenters. The van der Waals surface area contributed by atoms with E-state index in [1.807, 2.05) is 0 Å². The lowest BCUT2D eigenvalue weighted by atomic mass is 10.0. The van der Waals surface area contributed by atoms with Crippen molar-refractivity contribution in [3.8, 4) is 0 Å². The van der Waals surface area contributed by atoms with Crippen molar-refractivity contribution in [1.29, 1.82) is 0 Å². The Labute approximate surface area is 97.3 Å². The highest BCUT2D eigenvalue weighted by atomic mass is 79.9. The summed E-state index contributed by atoms with van der Waals surface area (Å²) in [6, 6.07) is 1.80. The molecule has 4 nitrogen and oxygen atoms in total. The Morgan fingerprint density at radius 2 is 2.13 bits per heavy atom. The number of hydrogen-bond donors (Lipinski definition) is 2. The first-order valence-electron chi connectivity index (χ1n) is 5.12. The van der Waals surface area contributed by atoms with Crippen LogP contribution in [0.4, 0.5) is 5.82 Å². The highest BCUT2D eigenvalue weighted by molar-refractivity contribution is 9.10. The predicted octanol–water partition coefficient (Wildman–Crippen LogP) is 1.96. The molecule has 5 heteroatoms. The van der Waals surface area contributed by atoms with Crippen LogP contribution in [0.3, 0.4) is 0 Å². The fourth-order valence-electron chi connectivity index (χ4n) is 1.90. The fourth-order valence-corrected chi connectivity index (χ4v) is 2.20. The lowest BCUT2D eigenvalue weighted by molar-refractivity contribution is 0.0614. The number of nitrogens with zero attached hydrogens (tertiary/aromatic N) is 2. The summed E-state index contributed by atoms with van der Waals surface area (Å²) in [6.45, 7) is 0.566. The lowest BCUT2D eigenvalue weighted by Crippen LogP contribution is -2.33. The molecule has 1 aliphatic rings. The number of nitrogens with one attached hydrogen (secondary N) is 1. The molecule has 2 rings (SSSR count). The SMILES string of the molecule is OC1(CNc2cc(Br)ncn2)CCCC1. The van der Waals surface area contributed by atoms with Gasteiger partial charge in [-0.15, -0.1) is 0 Å². The zero-order valence-electron chi connectivity index (χ0n) is 8.41. The van der Waals surface area contributed by atoms with E-state index in [9.17, 15) is 5.11 Å². The van der Waals surface area contributed by atoms with Gasteiger partial charge in [-0.05, 0) is 28.8 Å². The Morgan fingerprint density at radius 3 is 2.80 bits per heavy atom. The van der Waals surface area contributed by atoms with Crippen molar-refractivity contribution in [2.45, 2.75) is 31.3 Å². The average molecular weight is 272 g/mol. The van der Waals surface area contributed by atoms with Gasteiger partial charge in [-0.1, -0.05) is 12.8 Å². The van der Waals surface area contributed by atoms with E-state index < -0.39 is 5.60 Å². The molecule has 0 radical (unpaired) electrons. The maximum atomic E-state index is 10.1. The van der Waals surface area contributed by atoms with Crippen molar-refractivity contribution < 1.29 is 5.11 Å². The number of hydrogen-bond acceptors (Lipinski definition) is 4. The van der Waals surface area contributed by atoms with Crippen LogP contribution in [0.5, 0.6) is 0 Å². The summed E-state index contributed by atoms with van der Waals surface area (Å²) < 4.78 is 0.749. The van der Waals surface area contributed by atoms with Gasteiger partial charge in [0.25, 0.3) is 0 Å². The normalized spacial score (nSPS) is 19.1. The van der Waals surface area contributed by atoms with Gasteiger partial charge in [-0.3, -0.25) is 0 Å². The number of aliphatic hydroxyl groups is 1. The minimum absolute atomic E-state index is 0.544. The van der Waals surface area contributed by atoms with E-state index in [1.54, 1.807) is 6.07 Å². The Morgan fingerprint density at radius 1 is 1.40 bits per heavy atom. The summed E-state index contributed by atoms with van der Waals surface area (Å²) in [4.78, 5) is 8.01. The third-order valence-electron chi connectivity index (χ3n) is 2.77. The van der Waals surface area contributed by atoms with Crippen LogP contribution in [0.25, 0.3) is 0 Å². The van der Waals surface area contributed by atoms with E-state index in [4.69, 9.17) is 0 Å². The molecule has 82 valence electrons. The van der Waals surface area contributed by atoms with Crippen LogP contribution >= 0.6 is 15.9 Å². The maximum absolute atomic E-state index is 10.1. The molecule has 0 aromatic carbocycles. The standard InChI is InChI=1S/C10H14BrN3O/c11-8-5-9(14-7-13-8)12-6-10(15)3-1-2-4-10/h5,7,15H,1-4,6H2,(H,12,13,14). The number of anilines is 1. The summed E-state index contributed by atoms with van der Waals surface area (Å²) in [6.07, 6.45) is 5.49. The van der Waals surface area contributed by atoms with Crippen LogP contribution in [0.1, 0.15) is 25.7 Å². The summed E-state index contributed by atoms with van der Waals surface area (Å²) >= 11 is 3.28. The first-order chi connectivity index (χ1) is 7.18. The zero-order chi connectivity index (χ0) is 10.7. The van der Waals surface area contributed by atoms with Gasteiger partial charge < -0.3 is 10.4 Å². The Balaban J connectivity index is 1.92. The van der Waals surface area contributed by atoms with E-state index in [-0.39, 0.29) is 0 Å². The predicted molar refractivity (Wildman–Crippen MR) is 61.6 cm³/mol. The molecular weight excluding hydrogens is 258 g/mol. The third-order valence-corrected chi connectivity index (χ3v) is 3.20. The topological polar surface area (TPSA) is 58.0 Å². The average Bonchev–Trinajstić information content (AvgIpc) is 2.63. The third kappa shape index (κ3) is 2.89. The number of halogens is 1. The van der Waals surface area contributed by atoms with E-state index in [0.717, 1.165) is 36.1 Å². The molecule has 1 aliphatic carbocycles. The van der Waals surface area contributed by atoms with Crippen LogP contribution in [-0.2, 0) is 0 Å².